The van der Waals surface area contributed by atoms with Crippen LogP contribution in [0.15, 0.2) is 30.6 Å². The molecule has 1 saturated carbocycles. The lowest BCUT2D eigenvalue weighted by molar-refractivity contribution is -0.128. The summed E-state index contributed by atoms with van der Waals surface area (Å²) < 4.78 is 1.60. The fourth-order valence-corrected chi connectivity index (χ4v) is 3.86. The average Bonchev–Trinajstić information content (AvgIpc) is 3.34. The zero-order valence-electron chi connectivity index (χ0n) is 17.3. The zero-order valence-corrected chi connectivity index (χ0v) is 17.3. The summed E-state index contributed by atoms with van der Waals surface area (Å²) in [5.41, 5.74) is 7.96. The van der Waals surface area contributed by atoms with E-state index in [4.69, 9.17) is 5.73 Å². The van der Waals surface area contributed by atoms with Crippen molar-refractivity contribution in [1.29, 1.82) is 0 Å². The first kappa shape index (κ1) is 21.4. The van der Waals surface area contributed by atoms with Crippen LogP contribution in [-0.4, -0.2) is 60.7 Å². The predicted molar refractivity (Wildman–Crippen MR) is 115 cm³/mol. The number of carbonyl (C=O) groups is 2. The van der Waals surface area contributed by atoms with Gasteiger partial charge in [-0.2, -0.15) is 0 Å². The van der Waals surface area contributed by atoms with Gasteiger partial charge < -0.3 is 25.8 Å². The van der Waals surface area contributed by atoms with Crippen molar-refractivity contribution >= 4 is 29.2 Å². The number of hydrogen-bond donors (Lipinski definition) is 4. The van der Waals surface area contributed by atoms with Crippen molar-refractivity contribution in [3.8, 4) is 11.8 Å². The third-order valence-electron chi connectivity index (χ3n) is 5.51. The Hall–Kier alpha value is -3.81. The molecule has 10 nitrogen and oxygen atoms in total. The largest absolute Gasteiger partial charge is 0.390 e. The van der Waals surface area contributed by atoms with Crippen LogP contribution in [0, 0.1) is 17.8 Å². The van der Waals surface area contributed by atoms with E-state index in [1.54, 1.807) is 35.8 Å². The Morgan fingerprint density at radius 3 is 2.69 bits per heavy atom. The number of carbonyl (C=O) groups excluding carboxylic acids is 2. The van der Waals surface area contributed by atoms with E-state index in [2.05, 4.69) is 32.1 Å². The molecule has 0 spiro atoms. The SMILES string of the molecule is CCNC(=O)[C@H]1C[C@@H](n2cnc3c(N)nc(C#Cc4ccc(C=O)cc4)nc32)[C@H](O)[C@@H]1O. The monoisotopic (exact) mass is 434 g/mol. The molecule has 0 saturated heterocycles. The second-order valence-electron chi connectivity index (χ2n) is 7.53. The Morgan fingerprint density at radius 1 is 1.25 bits per heavy atom. The minimum atomic E-state index is -1.21. The van der Waals surface area contributed by atoms with E-state index in [0.717, 1.165) is 6.29 Å². The lowest BCUT2D eigenvalue weighted by Crippen LogP contribution is -2.38. The van der Waals surface area contributed by atoms with Gasteiger partial charge >= 0.3 is 0 Å². The number of fused-ring (bicyclic) bond motifs is 1. The number of imidazole rings is 1. The third kappa shape index (κ3) is 3.91. The van der Waals surface area contributed by atoms with Gasteiger partial charge in [-0.3, -0.25) is 9.59 Å². The molecule has 10 heteroatoms. The summed E-state index contributed by atoms with van der Waals surface area (Å²) in [7, 11) is 0. The molecule has 2 aromatic heterocycles. The summed E-state index contributed by atoms with van der Waals surface area (Å²) in [6.45, 7) is 2.22. The molecule has 1 fully saturated rings. The maximum Gasteiger partial charge on any atom is 0.225 e. The van der Waals surface area contributed by atoms with E-state index >= 15 is 0 Å². The molecule has 0 radical (unpaired) electrons. The number of nitrogens with two attached hydrogens (primary N) is 1. The highest BCUT2D eigenvalue weighted by Crippen LogP contribution is 2.37. The summed E-state index contributed by atoms with van der Waals surface area (Å²) in [6, 6.07) is 6.11. The Bertz CT molecular complexity index is 1230. The first-order valence-corrected chi connectivity index (χ1v) is 10.1. The molecular weight excluding hydrogens is 412 g/mol. The van der Waals surface area contributed by atoms with Gasteiger partial charge in [-0.1, -0.05) is 18.1 Å². The fraction of sp³-hybridized carbons (Fsp3) is 0.318. The molecule has 32 heavy (non-hydrogen) atoms. The molecular formula is C22H22N6O4. The first-order chi connectivity index (χ1) is 15.4. The molecule has 0 bridgehead atoms. The quantitative estimate of drug-likeness (QED) is 0.331. The molecule has 0 aliphatic heterocycles. The van der Waals surface area contributed by atoms with Gasteiger partial charge in [0.2, 0.25) is 11.7 Å². The van der Waals surface area contributed by atoms with E-state index in [9.17, 15) is 19.8 Å². The Morgan fingerprint density at radius 2 is 2.00 bits per heavy atom. The van der Waals surface area contributed by atoms with E-state index in [-0.39, 0.29) is 24.0 Å². The number of aromatic nitrogens is 4. The van der Waals surface area contributed by atoms with Crippen molar-refractivity contribution in [2.24, 2.45) is 5.92 Å². The lowest BCUT2D eigenvalue weighted by Gasteiger charge is -2.18. The third-order valence-corrected chi connectivity index (χ3v) is 5.51. The van der Waals surface area contributed by atoms with Crippen molar-refractivity contribution in [1.82, 2.24) is 24.8 Å². The lowest BCUT2D eigenvalue weighted by atomic mass is 10.0. The van der Waals surface area contributed by atoms with Crippen LogP contribution >= 0.6 is 0 Å². The first-order valence-electron chi connectivity index (χ1n) is 10.1. The highest BCUT2D eigenvalue weighted by atomic mass is 16.3. The average molecular weight is 434 g/mol. The van der Waals surface area contributed by atoms with E-state index in [1.807, 2.05) is 0 Å². The van der Waals surface area contributed by atoms with Crippen molar-refractivity contribution in [3.05, 3.63) is 47.5 Å². The normalized spacial score (nSPS) is 22.3. The molecule has 4 atom stereocenters. The van der Waals surface area contributed by atoms with Crippen LogP contribution in [0.1, 0.15) is 41.1 Å². The number of benzene rings is 1. The summed E-state index contributed by atoms with van der Waals surface area (Å²) >= 11 is 0. The van der Waals surface area contributed by atoms with Crippen LogP contribution in [-0.2, 0) is 4.79 Å². The van der Waals surface area contributed by atoms with Gasteiger partial charge in [0.25, 0.3) is 0 Å². The van der Waals surface area contributed by atoms with Crippen LogP contribution in [0.3, 0.4) is 0 Å². The molecule has 0 unspecified atom stereocenters. The summed E-state index contributed by atoms with van der Waals surface area (Å²) in [6.07, 6.45) is 0.0409. The molecule has 1 aliphatic rings. The molecule has 4 rings (SSSR count). The number of anilines is 1. The van der Waals surface area contributed by atoms with Gasteiger partial charge in [0, 0.05) is 17.7 Å². The van der Waals surface area contributed by atoms with Crippen LogP contribution in [0.5, 0.6) is 0 Å². The van der Waals surface area contributed by atoms with Gasteiger partial charge in [-0.05, 0) is 31.4 Å². The summed E-state index contributed by atoms with van der Waals surface area (Å²) in [4.78, 5) is 35.9. The highest BCUT2D eigenvalue weighted by Gasteiger charge is 2.46. The number of hydrogen-bond acceptors (Lipinski definition) is 8. The van der Waals surface area contributed by atoms with Gasteiger partial charge in [-0.25, -0.2) is 15.0 Å². The number of aliphatic hydroxyl groups excluding tert-OH is 2. The second kappa shape index (κ2) is 8.74. The molecule has 1 amide bonds. The summed E-state index contributed by atoms with van der Waals surface area (Å²) in [5, 5.41) is 23.7. The van der Waals surface area contributed by atoms with Gasteiger partial charge in [0.15, 0.2) is 11.5 Å². The van der Waals surface area contributed by atoms with Crippen LogP contribution in [0.4, 0.5) is 5.82 Å². The molecule has 1 aliphatic carbocycles. The molecule has 3 aromatic rings. The molecule has 164 valence electrons. The minimum absolute atomic E-state index is 0.127. The number of aldehydes is 1. The highest BCUT2D eigenvalue weighted by molar-refractivity contribution is 5.83. The maximum absolute atomic E-state index is 12.3. The number of amides is 1. The second-order valence-corrected chi connectivity index (χ2v) is 7.53. The number of aliphatic hydroxyl groups is 2. The topological polar surface area (TPSA) is 156 Å². The van der Waals surface area contributed by atoms with Crippen LogP contribution in [0.2, 0.25) is 0 Å². The number of rotatable bonds is 4. The molecule has 5 N–H and O–H groups in total. The minimum Gasteiger partial charge on any atom is -0.390 e. The Kier molecular flexibility index (Phi) is 5.85. The molecule has 2 heterocycles. The predicted octanol–water partition coefficient (Wildman–Crippen LogP) is 0.0397. The van der Waals surface area contributed by atoms with E-state index in [0.29, 0.717) is 28.8 Å². The molecule has 1 aromatic carbocycles. The smallest absolute Gasteiger partial charge is 0.225 e. The fourth-order valence-electron chi connectivity index (χ4n) is 3.86. The van der Waals surface area contributed by atoms with Gasteiger partial charge in [-0.15, -0.1) is 0 Å². The number of nitrogens with one attached hydrogen (secondary N) is 1. The van der Waals surface area contributed by atoms with Crippen LogP contribution < -0.4 is 11.1 Å². The van der Waals surface area contributed by atoms with E-state index in [1.165, 1.54) is 6.33 Å². The van der Waals surface area contributed by atoms with Gasteiger partial charge in [0.05, 0.1) is 24.4 Å². The number of nitrogens with zero attached hydrogens (tertiary/aromatic N) is 4. The maximum atomic E-state index is 12.3. The number of nitrogen functional groups attached to an aromatic ring is 1. The summed E-state index contributed by atoms with van der Waals surface area (Å²) in [5.74, 6) is 4.99. The standard InChI is InChI=1S/C22H22N6O4/c1-2-24-22(32)14-9-15(19(31)18(14)30)28-11-25-17-20(23)26-16(27-21(17)28)8-7-12-3-5-13(10-29)6-4-12/h3-6,10-11,14-15,18-19,30-31H,2,9H2,1H3,(H,24,32)(H2,23,26,27)/t14-,15+,18+,19-/m0/s1. The zero-order chi connectivity index (χ0) is 22.8. The Balaban J connectivity index is 1.67. The van der Waals surface area contributed by atoms with Crippen molar-refractivity contribution in [2.75, 3.05) is 12.3 Å². The van der Waals surface area contributed by atoms with Crippen LogP contribution in [0.25, 0.3) is 11.2 Å². The van der Waals surface area contributed by atoms with Gasteiger partial charge in [0.1, 0.15) is 17.9 Å². The van der Waals surface area contributed by atoms with E-state index < -0.39 is 24.2 Å². The Labute approximate surface area is 183 Å². The van der Waals surface area contributed by atoms with Crippen molar-refractivity contribution < 1.29 is 19.8 Å². The van der Waals surface area contributed by atoms with Crippen molar-refractivity contribution in [2.45, 2.75) is 31.6 Å². The van der Waals surface area contributed by atoms with Crippen molar-refractivity contribution in [3.63, 3.8) is 0 Å².